The summed E-state index contributed by atoms with van der Waals surface area (Å²) in [6.45, 7) is 12.1. The molecule has 0 aliphatic heterocycles. The number of sulfonamides is 1. The van der Waals surface area contributed by atoms with E-state index in [1.165, 1.54) is 15.2 Å². The topological polar surface area (TPSA) is 87.5 Å². The fourth-order valence-electron chi connectivity index (χ4n) is 3.72. The van der Waals surface area contributed by atoms with Gasteiger partial charge < -0.3 is 0 Å². The first-order valence-corrected chi connectivity index (χ1v) is 12.1. The lowest BCUT2D eigenvalue weighted by molar-refractivity contribution is 0.445. The molecule has 0 aliphatic rings. The van der Waals surface area contributed by atoms with Crippen LogP contribution in [-0.2, 0) is 10.0 Å². The average molecular weight is 455 g/mol. The monoisotopic (exact) mass is 454 g/mol. The number of nitrogens with one attached hydrogen (secondary N) is 1. The van der Waals surface area contributed by atoms with E-state index < -0.39 is 10.0 Å². The van der Waals surface area contributed by atoms with Crippen LogP contribution in [0.2, 0.25) is 0 Å². The SMILES string of the molecule is CCN(CC)S(=O)(=O)c1ccc(N=Cc2c(C)[nH]n(-c3ccc(C)cc3C)c2=O)c(C)c1. The summed E-state index contributed by atoms with van der Waals surface area (Å²) < 4.78 is 28.4. The number of hydrogen-bond donors (Lipinski definition) is 1. The van der Waals surface area contributed by atoms with Crippen molar-refractivity contribution in [2.45, 2.75) is 46.4 Å². The summed E-state index contributed by atoms with van der Waals surface area (Å²) in [7, 11) is -3.53. The van der Waals surface area contributed by atoms with Crippen molar-refractivity contribution in [2.24, 2.45) is 4.99 Å². The highest BCUT2D eigenvalue weighted by Crippen LogP contribution is 2.24. The van der Waals surface area contributed by atoms with Gasteiger partial charge >= 0.3 is 0 Å². The molecular formula is C24H30N4O3S. The number of nitrogens with zero attached hydrogens (tertiary/aromatic N) is 3. The van der Waals surface area contributed by atoms with Crippen molar-refractivity contribution >= 4 is 21.9 Å². The van der Waals surface area contributed by atoms with Crippen LogP contribution in [-0.4, -0.2) is 41.8 Å². The van der Waals surface area contributed by atoms with E-state index in [1.54, 1.807) is 18.2 Å². The van der Waals surface area contributed by atoms with Crippen LogP contribution in [0.25, 0.3) is 5.69 Å². The zero-order valence-corrected chi connectivity index (χ0v) is 20.2. The van der Waals surface area contributed by atoms with Crippen LogP contribution in [0.4, 0.5) is 5.69 Å². The zero-order valence-electron chi connectivity index (χ0n) is 19.4. The van der Waals surface area contributed by atoms with Gasteiger partial charge in [0.2, 0.25) is 10.0 Å². The van der Waals surface area contributed by atoms with E-state index in [4.69, 9.17) is 0 Å². The van der Waals surface area contributed by atoms with Gasteiger partial charge in [0.15, 0.2) is 0 Å². The van der Waals surface area contributed by atoms with E-state index in [1.807, 2.05) is 59.7 Å². The Hall–Kier alpha value is -2.97. The number of rotatable bonds is 7. The van der Waals surface area contributed by atoms with Crippen LogP contribution < -0.4 is 5.56 Å². The van der Waals surface area contributed by atoms with Gasteiger partial charge in [-0.05, 0) is 63.1 Å². The fourth-order valence-corrected chi connectivity index (χ4v) is 5.26. The summed E-state index contributed by atoms with van der Waals surface area (Å²) >= 11 is 0. The van der Waals surface area contributed by atoms with Crippen molar-refractivity contribution in [2.75, 3.05) is 13.1 Å². The van der Waals surface area contributed by atoms with Crippen molar-refractivity contribution in [3.8, 4) is 5.69 Å². The highest BCUT2D eigenvalue weighted by Gasteiger charge is 2.22. The van der Waals surface area contributed by atoms with E-state index in [9.17, 15) is 13.2 Å². The maximum atomic E-state index is 13.0. The molecule has 0 aliphatic carbocycles. The lowest BCUT2D eigenvalue weighted by atomic mass is 10.1. The number of aromatic amines is 1. The van der Waals surface area contributed by atoms with Crippen molar-refractivity contribution in [1.29, 1.82) is 0 Å². The quantitative estimate of drug-likeness (QED) is 0.543. The number of aliphatic imine (C=N–C) groups is 1. The average Bonchev–Trinajstić information content (AvgIpc) is 3.01. The predicted molar refractivity (Wildman–Crippen MR) is 129 cm³/mol. The summed E-state index contributed by atoms with van der Waals surface area (Å²) in [5.41, 5.74) is 5.24. The normalized spacial score (nSPS) is 12.2. The molecule has 0 unspecified atom stereocenters. The Morgan fingerprint density at radius 3 is 2.28 bits per heavy atom. The van der Waals surface area contributed by atoms with Gasteiger partial charge in [0.1, 0.15) is 0 Å². The predicted octanol–water partition coefficient (Wildman–Crippen LogP) is 4.18. The molecule has 32 heavy (non-hydrogen) atoms. The molecule has 8 heteroatoms. The van der Waals surface area contributed by atoms with Gasteiger partial charge in [0, 0.05) is 25.0 Å². The van der Waals surface area contributed by atoms with Crippen LogP contribution in [0, 0.1) is 27.7 Å². The van der Waals surface area contributed by atoms with Crippen LogP contribution in [0.5, 0.6) is 0 Å². The Morgan fingerprint density at radius 2 is 1.69 bits per heavy atom. The molecular weight excluding hydrogens is 424 g/mol. The molecule has 0 bridgehead atoms. The second-order valence-corrected chi connectivity index (χ2v) is 9.81. The third-order valence-electron chi connectivity index (χ3n) is 5.55. The molecule has 0 saturated carbocycles. The molecule has 1 aromatic heterocycles. The summed E-state index contributed by atoms with van der Waals surface area (Å²) in [5, 5.41) is 3.12. The van der Waals surface area contributed by atoms with E-state index in [0.29, 0.717) is 30.0 Å². The Kier molecular flexibility index (Phi) is 6.85. The van der Waals surface area contributed by atoms with Gasteiger partial charge in [0.25, 0.3) is 5.56 Å². The minimum Gasteiger partial charge on any atom is -0.295 e. The van der Waals surface area contributed by atoms with E-state index in [0.717, 1.165) is 22.4 Å². The fraction of sp³-hybridized carbons (Fsp3) is 0.333. The largest absolute Gasteiger partial charge is 0.295 e. The molecule has 0 amide bonds. The number of aromatic nitrogens is 2. The third kappa shape index (κ3) is 4.47. The minimum absolute atomic E-state index is 0.184. The van der Waals surface area contributed by atoms with Crippen LogP contribution in [0.3, 0.4) is 0 Å². The third-order valence-corrected chi connectivity index (χ3v) is 7.60. The molecule has 0 atom stereocenters. The lowest BCUT2D eigenvalue weighted by Crippen LogP contribution is -2.30. The summed E-state index contributed by atoms with van der Waals surface area (Å²) in [4.78, 5) is 17.7. The zero-order chi connectivity index (χ0) is 23.6. The molecule has 7 nitrogen and oxygen atoms in total. The molecule has 3 aromatic rings. The maximum absolute atomic E-state index is 13.0. The highest BCUT2D eigenvalue weighted by molar-refractivity contribution is 7.89. The summed E-state index contributed by atoms with van der Waals surface area (Å²) in [6, 6.07) is 10.8. The van der Waals surface area contributed by atoms with Gasteiger partial charge in [0.05, 0.1) is 21.8 Å². The Labute approximate surface area is 189 Å². The molecule has 0 fully saturated rings. The first-order chi connectivity index (χ1) is 15.1. The maximum Gasteiger partial charge on any atom is 0.280 e. The molecule has 0 saturated heterocycles. The van der Waals surface area contributed by atoms with Crippen LogP contribution >= 0.6 is 0 Å². The highest BCUT2D eigenvalue weighted by atomic mass is 32.2. The van der Waals surface area contributed by atoms with Crippen LogP contribution in [0.1, 0.15) is 41.8 Å². The van der Waals surface area contributed by atoms with E-state index in [2.05, 4.69) is 10.1 Å². The number of aryl methyl sites for hydroxylation is 4. The smallest absolute Gasteiger partial charge is 0.280 e. The standard InChI is InChI=1S/C24H30N4O3S/c1-7-27(8-2)32(30,31)20-10-11-22(17(4)14-20)25-15-21-19(6)26-28(24(21)29)23-12-9-16(3)13-18(23)5/h9-15,26H,7-8H2,1-6H3. The first-order valence-electron chi connectivity index (χ1n) is 10.6. The summed E-state index contributed by atoms with van der Waals surface area (Å²) in [5.74, 6) is 0. The van der Waals surface area contributed by atoms with Gasteiger partial charge in [-0.1, -0.05) is 31.5 Å². The van der Waals surface area contributed by atoms with E-state index in [-0.39, 0.29) is 10.5 Å². The van der Waals surface area contributed by atoms with Crippen molar-refractivity contribution in [3.63, 3.8) is 0 Å². The van der Waals surface area contributed by atoms with Crippen LogP contribution in [0.15, 0.2) is 51.1 Å². The second-order valence-electron chi connectivity index (χ2n) is 7.88. The molecule has 0 radical (unpaired) electrons. The van der Waals surface area contributed by atoms with Gasteiger partial charge in [-0.15, -0.1) is 0 Å². The Balaban J connectivity index is 1.95. The molecule has 170 valence electrons. The van der Waals surface area contributed by atoms with Gasteiger partial charge in [-0.25, -0.2) is 13.1 Å². The molecule has 2 aromatic carbocycles. The minimum atomic E-state index is -3.53. The Morgan fingerprint density at radius 1 is 1.00 bits per heavy atom. The van der Waals surface area contributed by atoms with E-state index >= 15 is 0 Å². The lowest BCUT2D eigenvalue weighted by Gasteiger charge is -2.18. The molecule has 1 heterocycles. The number of hydrogen-bond acceptors (Lipinski definition) is 4. The van der Waals surface area contributed by atoms with Crippen molar-refractivity contribution in [1.82, 2.24) is 14.1 Å². The number of H-pyrrole nitrogens is 1. The molecule has 1 N–H and O–H groups in total. The van der Waals surface area contributed by atoms with Gasteiger partial charge in [-0.2, -0.15) is 4.31 Å². The Bertz CT molecular complexity index is 1330. The second kappa shape index (κ2) is 9.26. The molecule has 0 spiro atoms. The van der Waals surface area contributed by atoms with Crippen molar-refractivity contribution < 1.29 is 8.42 Å². The number of benzene rings is 2. The van der Waals surface area contributed by atoms with Gasteiger partial charge in [-0.3, -0.25) is 14.9 Å². The summed E-state index contributed by atoms with van der Waals surface area (Å²) in [6.07, 6.45) is 1.54. The first kappa shape index (κ1) is 23.7. The molecule has 3 rings (SSSR count). The van der Waals surface area contributed by atoms with Crippen molar-refractivity contribution in [3.05, 3.63) is 74.7 Å².